The molecule has 0 spiro atoms. The van der Waals surface area contributed by atoms with E-state index in [9.17, 15) is 19.2 Å². The number of nitrogens with zero attached hydrogens (tertiary/aromatic N) is 2. The molecule has 2 N–H and O–H groups in total. The molecule has 2 heterocycles. The van der Waals surface area contributed by atoms with Crippen LogP contribution in [-0.4, -0.2) is 41.3 Å². The van der Waals surface area contributed by atoms with Gasteiger partial charge in [0, 0.05) is 18.0 Å². The van der Waals surface area contributed by atoms with E-state index >= 15 is 0 Å². The van der Waals surface area contributed by atoms with Crippen LogP contribution in [-0.2, 0) is 14.3 Å². The van der Waals surface area contributed by atoms with Crippen molar-refractivity contribution in [1.82, 2.24) is 15.8 Å². The minimum atomic E-state index is -0.886. The van der Waals surface area contributed by atoms with Gasteiger partial charge in [-0.3, -0.25) is 24.8 Å². The molecule has 0 bridgehead atoms. The smallest absolute Gasteiger partial charge is 0.338 e. The second-order valence-electron chi connectivity index (χ2n) is 5.93. The zero-order valence-corrected chi connectivity index (χ0v) is 15.0. The van der Waals surface area contributed by atoms with Gasteiger partial charge in [0.1, 0.15) is 6.04 Å². The van der Waals surface area contributed by atoms with E-state index < -0.39 is 29.7 Å². The second kappa shape index (κ2) is 8.40. The van der Waals surface area contributed by atoms with E-state index in [1.165, 1.54) is 48.8 Å². The Morgan fingerprint density at radius 2 is 1.79 bits per heavy atom. The number of ether oxygens (including phenoxy) is 1. The average Bonchev–Trinajstić information content (AvgIpc) is 3.00. The number of rotatable bonds is 6. The lowest BCUT2D eigenvalue weighted by Crippen LogP contribution is -2.48. The molecule has 1 atom stereocenters. The average molecular weight is 382 g/mol. The zero-order valence-electron chi connectivity index (χ0n) is 15.0. The first-order valence-corrected chi connectivity index (χ1v) is 8.61. The molecule has 9 nitrogen and oxygen atoms in total. The van der Waals surface area contributed by atoms with Crippen LogP contribution < -0.4 is 15.8 Å². The van der Waals surface area contributed by atoms with Gasteiger partial charge in [-0.05, 0) is 43.3 Å². The highest BCUT2D eigenvalue weighted by Gasteiger charge is 2.39. The Morgan fingerprint density at radius 1 is 1.11 bits per heavy atom. The first kappa shape index (κ1) is 19.2. The second-order valence-corrected chi connectivity index (χ2v) is 5.93. The molecule has 144 valence electrons. The molecule has 3 amide bonds. The number of hydrazine groups is 1. The van der Waals surface area contributed by atoms with Crippen molar-refractivity contribution in [2.45, 2.75) is 19.4 Å². The van der Waals surface area contributed by atoms with Gasteiger partial charge in [-0.25, -0.2) is 15.1 Å². The van der Waals surface area contributed by atoms with E-state index in [2.05, 4.69) is 15.8 Å². The summed E-state index contributed by atoms with van der Waals surface area (Å²) in [5.74, 6) is -1.83. The molecule has 3 rings (SSSR count). The normalized spacial score (nSPS) is 16.2. The van der Waals surface area contributed by atoms with E-state index in [0.717, 1.165) is 4.90 Å². The highest BCUT2D eigenvalue weighted by molar-refractivity contribution is 6.22. The van der Waals surface area contributed by atoms with Crippen molar-refractivity contribution in [2.75, 3.05) is 11.5 Å². The molecule has 0 radical (unpaired) electrons. The summed E-state index contributed by atoms with van der Waals surface area (Å²) >= 11 is 0. The van der Waals surface area contributed by atoms with Crippen molar-refractivity contribution < 1.29 is 23.9 Å². The van der Waals surface area contributed by atoms with Crippen LogP contribution in [0.4, 0.5) is 5.69 Å². The topological polar surface area (TPSA) is 118 Å². The van der Waals surface area contributed by atoms with E-state index in [0.29, 0.717) is 16.8 Å². The van der Waals surface area contributed by atoms with Crippen LogP contribution in [0.2, 0.25) is 0 Å². The van der Waals surface area contributed by atoms with Crippen molar-refractivity contribution in [3.63, 3.8) is 0 Å². The van der Waals surface area contributed by atoms with Gasteiger partial charge in [-0.2, -0.15) is 0 Å². The Hall–Kier alpha value is -3.59. The molecule has 0 unspecified atom stereocenters. The molecule has 9 heteroatoms. The lowest BCUT2D eigenvalue weighted by atomic mass is 10.2. The van der Waals surface area contributed by atoms with Crippen LogP contribution in [0.25, 0.3) is 0 Å². The van der Waals surface area contributed by atoms with E-state index in [1.807, 2.05) is 0 Å². The van der Waals surface area contributed by atoms with Crippen LogP contribution >= 0.6 is 0 Å². The van der Waals surface area contributed by atoms with Gasteiger partial charge in [0.2, 0.25) is 5.91 Å². The molecule has 1 aliphatic heterocycles. The van der Waals surface area contributed by atoms with Crippen molar-refractivity contribution >= 4 is 29.4 Å². The fourth-order valence-electron chi connectivity index (χ4n) is 2.71. The van der Waals surface area contributed by atoms with E-state index in [4.69, 9.17) is 4.74 Å². The quantitative estimate of drug-likeness (QED) is 0.431. The Morgan fingerprint density at radius 3 is 2.43 bits per heavy atom. The molecule has 28 heavy (non-hydrogen) atoms. The summed E-state index contributed by atoms with van der Waals surface area (Å²) in [7, 11) is 0. The van der Waals surface area contributed by atoms with E-state index in [-0.39, 0.29) is 13.0 Å². The van der Waals surface area contributed by atoms with Crippen LogP contribution in [0, 0.1) is 0 Å². The summed E-state index contributed by atoms with van der Waals surface area (Å²) in [4.78, 5) is 53.4. The van der Waals surface area contributed by atoms with Gasteiger partial charge in [0.25, 0.3) is 11.8 Å². The number of esters is 1. The number of carbonyl (C=O) groups excluding carboxylic acids is 4. The van der Waals surface area contributed by atoms with Gasteiger partial charge in [0.05, 0.1) is 24.3 Å². The van der Waals surface area contributed by atoms with Gasteiger partial charge in [-0.1, -0.05) is 0 Å². The van der Waals surface area contributed by atoms with Gasteiger partial charge < -0.3 is 4.74 Å². The van der Waals surface area contributed by atoms with Gasteiger partial charge in [-0.15, -0.1) is 0 Å². The van der Waals surface area contributed by atoms with Crippen molar-refractivity contribution in [3.05, 3.63) is 59.9 Å². The monoisotopic (exact) mass is 382 g/mol. The van der Waals surface area contributed by atoms with Crippen LogP contribution in [0.5, 0.6) is 0 Å². The maximum absolute atomic E-state index is 12.6. The third-order valence-corrected chi connectivity index (χ3v) is 4.09. The summed E-state index contributed by atoms with van der Waals surface area (Å²) in [6.45, 7) is 1.96. The Bertz CT molecular complexity index is 898. The Labute approximate surface area is 160 Å². The molecule has 1 saturated heterocycles. The summed E-state index contributed by atoms with van der Waals surface area (Å²) in [6.07, 6.45) is 2.84. The number of anilines is 1. The zero-order chi connectivity index (χ0) is 20.1. The minimum Gasteiger partial charge on any atom is -0.462 e. The molecular weight excluding hydrogens is 364 g/mol. The predicted octanol–water partition coefficient (Wildman–Crippen LogP) is 0.825. The van der Waals surface area contributed by atoms with Crippen molar-refractivity contribution in [3.8, 4) is 0 Å². The predicted molar refractivity (Wildman–Crippen MR) is 98.1 cm³/mol. The molecule has 0 aliphatic carbocycles. The molecular formula is C19H18N4O5. The number of carbonyl (C=O) groups is 4. The summed E-state index contributed by atoms with van der Waals surface area (Å²) < 4.78 is 4.90. The maximum atomic E-state index is 12.6. The van der Waals surface area contributed by atoms with Gasteiger partial charge in [0.15, 0.2) is 0 Å². The fourth-order valence-corrected chi connectivity index (χ4v) is 2.71. The lowest BCUT2D eigenvalue weighted by molar-refractivity contribution is -0.121. The minimum absolute atomic E-state index is 0.102. The third kappa shape index (κ3) is 4.04. The largest absolute Gasteiger partial charge is 0.462 e. The summed E-state index contributed by atoms with van der Waals surface area (Å²) in [6, 6.07) is 8.13. The van der Waals surface area contributed by atoms with Crippen LogP contribution in [0.15, 0.2) is 48.8 Å². The maximum Gasteiger partial charge on any atom is 0.338 e. The number of hydrogen-bond acceptors (Lipinski definition) is 7. The number of benzene rings is 1. The molecule has 1 aliphatic rings. The lowest BCUT2D eigenvalue weighted by Gasteiger charge is -2.16. The summed E-state index contributed by atoms with van der Waals surface area (Å²) in [5.41, 5.74) is 6.05. The highest BCUT2D eigenvalue weighted by atomic mass is 16.5. The number of hydrogen-bond donors (Lipinski definition) is 2. The fraction of sp³-hybridized carbons (Fsp3) is 0.211. The van der Waals surface area contributed by atoms with Gasteiger partial charge >= 0.3 is 5.97 Å². The number of nitrogens with one attached hydrogen (secondary N) is 2. The molecule has 1 aromatic heterocycles. The number of imide groups is 1. The summed E-state index contributed by atoms with van der Waals surface area (Å²) in [5, 5.41) is 0. The number of pyridine rings is 1. The Kier molecular flexibility index (Phi) is 5.75. The Balaban J connectivity index is 1.65. The van der Waals surface area contributed by atoms with Crippen molar-refractivity contribution in [1.29, 1.82) is 0 Å². The number of aromatic nitrogens is 1. The highest BCUT2D eigenvalue weighted by Crippen LogP contribution is 2.23. The molecule has 1 aromatic carbocycles. The van der Waals surface area contributed by atoms with Crippen molar-refractivity contribution in [2.24, 2.45) is 0 Å². The van der Waals surface area contributed by atoms with Crippen LogP contribution in [0.1, 0.15) is 34.1 Å². The standard InChI is InChI=1S/C19H18N4O5/c1-2-28-19(27)13-3-5-14(6-4-13)23-16(24)11-15(18(23)26)21-22-17(25)12-7-9-20-10-8-12/h3-10,15,21H,2,11H2,1H3,(H,22,25)/t15-/m1/s1. The molecule has 1 fully saturated rings. The molecule has 0 saturated carbocycles. The molecule has 2 aromatic rings. The first-order valence-electron chi connectivity index (χ1n) is 8.61. The van der Waals surface area contributed by atoms with Crippen LogP contribution in [0.3, 0.4) is 0 Å². The SMILES string of the molecule is CCOC(=O)c1ccc(N2C(=O)C[C@@H](NNC(=O)c3ccncc3)C2=O)cc1. The number of amides is 3. The first-order chi connectivity index (χ1) is 13.5. The van der Waals surface area contributed by atoms with E-state index in [1.54, 1.807) is 6.92 Å². The third-order valence-electron chi connectivity index (χ3n) is 4.09.